The summed E-state index contributed by atoms with van der Waals surface area (Å²) in [5, 5.41) is 0. The molecule has 0 saturated carbocycles. The Balaban J connectivity index is 2.45. The number of likely N-dealkylation sites (tertiary alicyclic amines) is 1. The van der Waals surface area contributed by atoms with Crippen molar-refractivity contribution in [2.45, 2.75) is 58.4 Å². The van der Waals surface area contributed by atoms with Crippen LogP contribution in [0, 0.1) is 5.92 Å². The van der Waals surface area contributed by atoms with Crippen LogP contribution in [0.4, 0.5) is 0 Å². The molecule has 1 aliphatic rings. The van der Waals surface area contributed by atoms with Gasteiger partial charge in [-0.15, -0.1) is 0 Å². The van der Waals surface area contributed by atoms with Gasteiger partial charge in [0.25, 0.3) is 0 Å². The summed E-state index contributed by atoms with van der Waals surface area (Å²) in [5.74, 6) is 0.802. The fourth-order valence-corrected chi connectivity index (χ4v) is 2.15. The number of carbonyl (C=O) groups is 1. The lowest BCUT2D eigenvalue weighted by molar-refractivity contribution is -0.132. The zero-order chi connectivity index (χ0) is 12.0. The van der Waals surface area contributed by atoms with Gasteiger partial charge >= 0.3 is 0 Å². The molecule has 2 N–H and O–H groups in total. The van der Waals surface area contributed by atoms with Crippen LogP contribution >= 0.6 is 0 Å². The second kappa shape index (κ2) is 6.89. The zero-order valence-corrected chi connectivity index (χ0v) is 10.7. The smallest absolute Gasteiger partial charge is 0.222 e. The van der Waals surface area contributed by atoms with Gasteiger partial charge in [0.15, 0.2) is 0 Å². The Hall–Kier alpha value is -0.570. The first-order valence-electron chi connectivity index (χ1n) is 6.68. The van der Waals surface area contributed by atoms with Gasteiger partial charge in [0, 0.05) is 25.6 Å². The Kier molecular flexibility index (Phi) is 5.81. The van der Waals surface area contributed by atoms with Gasteiger partial charge < -0.3 is 10.6 Å². The molecule has 0 bridgehead atoms. The summed E-state index contributed by atoms with van der Waals surface area (Å²) in [6.45, 7) is 5.97. The summed E-state index contributed by atoms with van der Waals surface area (Å²) in [6, 6.07) is 0.133. The molecule has 0 aromatic heterocycles. The molecule has 0 spiro atoms. The molecule has 1 amide bonds. The van der Waals surface area contributed by atoms with Crippen LogP contribution in [-0.2, 0) is 4.79 Å². The molecule has 0 radical (unpaired) electrons. The first-order valence-corrected chi connectivity index (χ1v) is 6.68. The van der Waals surface area contributed by atoms with Crippen molar-refractivity contribution in [3.63, 3.8) is 0 Å². The molecule has 0 aromatic rings. The van der Waals surface area contributed by atoms with E-state index >= 15 is 0 Å². The molecule has 3 heteroatoms. The first-order chi connectivity index (χ1) is 7.65. The number of rotatable bonds is 4. The summed E-state index contributed by atoms with van der Waals surface area (Å²) in [6.07, 6.45) is 6.45. The largest absolute Gasteiger partial charge is 0.341 e. The van der Waals surface area contributed by atoms with Gasteiger partial charge in [0.1, 0.15) is 0 Å². The third-order valence-corrected chi connectivity index (χ3v) is 3.73. The fraction of sp³-hybridized carbons (Fsp3) is 0.923. The average molecular weight is 226 g/mol. The van der Waals surface area contributed by atoms with E-state index in [2.05, 4.69) is 13.8 Å². The van der Waals surface area contributed by atoms with Crippen LogP contribution in [0.3, 0.4) is 0 Å². The Morgan fingerprint density at radius 2 is 2.00 bits per heavy atom. The van der Waals surface area contributed by atoms with Gasteiger partial charge in [-0.1, -0.05) is 33.1 Å². The highest BCUT2D eigenvalue weighted by Gasteiger charge is 2.20. The van der Waals surface area contributed by atoms with Crippen LogP contribution in [0.15, 0.2) is 0 Å². The molecule has 2 atom stereocenters. The number of hydrogen-bond acceptors (Lipinski definition) is 2. The van der Waals surface area contributed by atoms with Crippen molar-refractivity contribution < 1.29 is 4.79 Å². The number of hydrogen-bond donors (Lipinski definition) is 1. The van der Waals surface area contributed by atoms with Gasteiger partial charge in [-0.25, -0.2) is 0 Å². The van der Waals surface area contributed by atoms with Crippen LogP contribution in [0.5, 0.6) is 0 Å². The number of nitrogens with two attached hydrogens (primary N) is 1. The highest BCUT2D eigenvalue weighted by molar-refractivity contribution is 5.76. The quantitative estimate of drug-likeness (QED) is 0.798. The minimum absolute atomic E-state index is 0.133. The highest BCUT2D eigenvalue weighted by Crippen LogP contribution is 2.14. The highest BCUT2D eigenvalue weighted by atomic mass is 16.2. The summed E-state index contributed by atoms with van der Waals surface area (Å²) < 4.78 is 0. The van der Waals surface area contributed by atoms with E-state index in [0.29, 0.717) is 18.2 Å². The lowest BCUT2D eigenvalue weighted by Crippen LogP contribution is -2.44. The summed E-state index contributed by atoms with van der Waals surface area (Å²) in [4.78, 5) is 13.9. The molecule has 0 aliphatic carbocycles. The number of carbonyl (C=O) groups excluding carboxylic acids is 1. The maximum atomic E-state index is 11.9. The van der Waals surface area contributed by atoms with Crippen LogP contribution < -0.4 is 5.73 Å². The molecule has 1 saturated heterocycles. The molecule has 16 heavy (non-hydrogen) atoms. The minimum Gasteiger partial charge on any atom is -0.341 e. The predicted octanol–water partition coefficient (Wildman–Crippen LogP) is 2.15. The molecule has 0 aromatic carbocycles. The maximum Gasteiger partial charge on any atom is 0.222 e. The fourth-order valence-electron chi connectivity index (χ4n) is 2.15. The lowest BCUT2D eigenvalue weighted by atomic mass is 9.99. The lowest BCUT2D eigenvalue weighted by Gasteiger charge is -2.29. The van der Waals surface area contributed by atoms with E-state index in [4.69, 9.17) is 5.73 Å². The van der Waals surface area contributed by atoms with E-state index in [1.165, 1.54) is 12.8 Å². The summed E-state index contributed by atoms with van der Waals surface area (Å²) >= 11 is 0. The second-order valence-corrected chi connectivity index (χ2v) is 5.05. The van der Waals surface area contributed by atoms with Gasteiger partial charge in [-0.3, -0.25) is 4.79 Å². The van der Waals surface area contributed by atoms with Crippen molar-refractivity contribution in [1.29, 1.82) is 0 Å². The maximum absolute atomic E-state index is 11.9. The molecule has 1 aliphatic heterocycles. The van der Waals surface area contributed by atoms with Crippen molar-refractivity contribution >= 4 is 5.91 Å². The predicted molar refractivity (Wildman–Crippen MR) is 67.1 cm³/mol. The molecule has 2 unspecified atom stereocenters. The summed E-state index contributed by atoms with van der Waals surface area (Å²) in [7, 11) is 0. The van der Waals surface area contributed by atoms with E-state index in [1.807, 2.05) is 4.90 Å². The number of amides is 1. The summed E-state index contributed by atoms with van der Waals surface area (Å²) in [5.41, 5.74) is 6.12. The van der Waals surface area contributed by atoms with Crippen LogP contribution in [0.25, 0.3) is 0 Å². The topological polar surface area (TPSA) is 46.3 Å². The van der Waals surface area contributed by atoms with Crippen molar-refractivity contribution in [3.05, 3.63) is 0 Å². The zero-order valence-electron chi connectivity index (χ0n) is 10.7. The van der Waals surface area contributed by atoms with E-state index in [1.54, 1.807) is 0 Å². The molecule has 3 nitrogen and oxygen atoms in total. The molecular formula is C13H26N2O. The van der Waals surface area contributed by atoms with Crippen molar-refractivity contribution in [2.75, 3.05) is 13.1 Å². The molecule has 1 heterocycles. The number of nitrogens with zero attached hydrogens (tertiary/aromatic N) is 1. The van der Waals surface area contributed by atoms with E-state index in [-0.39, 0.29) is 6.04 Å². The van der Waals surface area contributed by atoms with Crippen LogP contribution in [0.2, 0.25) is 0 Å². The normalized spacial score (nSPS) is 22.4. The van der Waals surface area contributed by atoms with Gasteiger partial charge in [-0.2, -0.15) is 0 Å². The van der Waals surface area contributed by atoms with Gasteiger partial charge in [-0.05, 0) is 18.8 Å². The van der Waals surface area contributed by atoms with E-state index in [0.717, 1.165) is 32.4 Å². The standard InChI is InChI=1S/C13H26N2O/c1-3-11(2)12(14)10-15-9-7-5-4-6-8-13(15)16/h11-12H,3-10,14H2,1-2H3. The van der Waals surface area contributed by atoms with Crippen LogP contribution in [0.1, 0.15) is 52.4 Å². The molecule has 1 rings (SSSR count). The average Bonchev–Trinajstić information content (AvgIpc) is 2.27. The van der Waals surface area contributed by atoms with Crippen molar-refractivity contribution in [2.24, 2.45) is 11.7 Å². The first kappa shape index (κ1) is 13.5. The Morgan fingerprint density at radius 3 is 2.69 bits per heavy atom. The molecule has 1 fully saturated rings. The molecule has 94 valence electrons. The van der Waals surface area contributed by atoms with Crippen molar-refractivity contribution in [3.8, 4) is 0 Å². The van der Waals surface area contributed by atoms with E-state index in [9.17, 15) is 4.79 Å². The monoisotopic (exact) mass is 226 g/mol. The van der Waals surface area contributed by atoms with Gasteiger partial charge in [0.05, 0.1) is 0 Å². The van der Waals surface area contributed by atoms with Crippen LogP contribution in [-0.4, -0.2) is 29.9 Å². The van der Waals surface area contributed by atoms with E-state index < -0.39 is 0 Å². The van der Waals surface area contributed by atoms with Crippen molar-refractivity contribution in [1.82, 2.24) is 4.90 Å². The SMILES string of the molecule is CCC(C)C(N)CN1CCCCCCC1=O. The Morgan fingerprint density at radius 1 is 1.31 bits per heavy atom. The molecular weight excluding hydrogens is 200 g/mol. The Labute approximate surface area is 99.4 Å². The second-order valence-electron chi connectivity index (χ2n) is 5.05. The van der Waals surface area contributed by atoms with Gasteiger partial charge in [0.2, 0.25) is 5.91 Å². The third-order valence-electron chi connectivity index (χ3n) is 3.73. The minimum atomic E-state index is 0.133. The Bertz CT molecular complexity index is 218. The third kappa shape index (κ3) is 4.12.